The van der Waals surface area contributed by atoms with Gasteiger partial charge in [0.25, 0.3) is 0 Å². The molecule has 1 amide bonds. The maximum Gasteiger partial charge on any atom is 0.223 e. The lowest BCUT2D eigenvalue weighted by Crippen LogP contribution is -2.38. The van der Waals surface area contributed by atoms with Crippen LogP contribution in [-0.2, 0) is 4.79 Å². The zero-order valence-electron chi connectivity index (χ0n) is 12.7. The molecule has 1 aliphatic heterocycles. The van der Waals surface area contributed by atoms with E-state index in [-0.39, 0.29) is 5.91 Å². The van der Waals surface area contributed by atoms with E-state index in [1.807, 2.05) is 14.1 Å². The summed E-state index contributed by atoms with van der Waals surface area (Å²) in [4.78, 5) is 15.8. The lowest BCUT2D eigenvalue weighted by molar-refractivity contribution is -0.128. The van der Waals surface area contributed by atoms with Crippen molar-refractivity contribution in [3.8, 4) is 0 Å². The monoisotopic (exact) mass is 275 g/mol. The molecule has 0 radical (unpaired) electrons. The van der Waals surface area contributed by atoms with Crippen LogP contribution in [0.5, 0.6) is 0 Å². The van der Waals surface area contributed by atoms with Crippen molar-refractivity contribution in [2.24, 2.45) is 0 Å². The number of nitrogens with zero attached hydrogens (tertiary/aromatic N) is 2. The van der Waals surface area contributed by atoms with Gasteiger partial charge in [-0.3, -0.25) is 4.79 Å². The van der Waals surface area contributed by atoms with Crippen molar-refractivity contribution in [1.29, 1.82) is 0 Å². The minimum atomic E-state index is 0.191. The van der Waals surface area contributed by atoms with Gasteiger partial charge in [0.15, 0.2) is 0 Å². The van der Waals surface area contributed by atoms with Gasteiger partial charge >= 0.3 is 0 Å². The first-order chi connectivity index (χ1) is 9.63. The van der Waals surface area contributed by atoms with Gasteiger partial charge in [-0.2, -0.15) is 0 Å². The zero-order chi connectivity index (χ0) is 14.5. The molecule has 0 spiro atoms. The van der Waals surface area contributed by atoms with Crippen molar-refractivity contribution in [2.75, 3.05) is 38.6 Å². The quantitative estimate of drug-likeness (QED) is 0.893. The Morgan fingerprint density at radius 1 is 1.40 bits per heavy atom. The maximum atomic E-state index is 11.8. The third kappa shape index (κ3) is 3.31. The van der Waals surface area contributed by atoms with Crippen LogP contribution < -0.4 is 10.2 Å². The van der Waals surface area contributed by atoms with Crippen molar-refractivity contribution in [3.63, 3.8) is 0 Å². The van der Waals surface area contributed by atoms with Gasteiger partial charge in [-0.25, -0.2) is 0 Å². The molecule has 0 aromatic heterocycles. The second-order valence-corrected chi connectivity index (χ2v) is 5.48. The number of benzene rings is 1. The highest BCUT2D eigenvalue weighted by molar-refractivity contribution is 5.76. The maximum absolute atomic E-state index is 11.8. The van der Waals surface area contributed by atoms with E-state index in [0.717, 1.165) is 26.1 Å². The highest BCUT2D eigenvalue weighted by Crippen LogP contribution is 2.33. The summed E-state index contributed by atoms with van der Waals surface area (Å²) in [5, 5.41) is 3.54. The standard InChI is InChI=1S/C16H25N3O/c1-4-17-14-9-11-19(12-10-16(20)18(2)3)15-8-6-5-7-13(14)15/h5-8,14,17H,4,9-12H2,1-3H3. The predicted molar refractivity (Wildman–Crippen MR) is 83.0 cm³/mol. The Bertz CT molecular complexity index is 459. The third-order valence-corrected chi connectivity index (χ3v) is 3.89. The Hall–Kier alpha value is -1.55. The van der Waals surface area contributed by atoms with Gasteiger partial charge in [0.05, 0.1) is 0 Å². The van der Waals surface area contributed by atoms with E-state index in [2.05, 4.69) is 41.4 Å². The summed E-state index contributed by atoms with van der Waals surface area (Å²) in [5.41, 5.74) is 2.63. The molecule has 4 nitrogen and oxygen atoms in total. The van der Waals surface area contributed by atoms with E-state index in [1.165, 1.54) is 11.3 Å². The second kappa shape index (κ2) is 6.75. The van der Waals surface area contributed by atoms with Crippen molar-refractivity contribution in [3.05, 3.63) is 29.8 Å². The SMILES string of the molecule is CCNC1CCN(CCC(=O)N(C)C)c2ccccc21. The van der Waals surface area contributed by atoms with Gasteiger partial charge in [0, 0.05) is 45.3 Å². The molecule has 20 heavy (non-hydrogen) atoms. The van der Waals surface area contributed by atoms with E-state index < -0.39 is 0 Å². The molecular weight excluding hydrogens is 250 g/mol. The molecule has 1 aromatic carbocycles. The molecule has 1 N–H and O–H groups in total. The topological polar surface area (TPSA) is 35.6 Å². The zero-order valence-corrected chi connectivity index (χ0v) is 12.7. The first kappa shape index (κ1) is 14.9. The lowest BCUT2D eigenvalue weighted by Gasteiger charge is -2.36. The Labute approximate surface area is 121 Å². The van der Waals surface area contributed by atoms with Crippen LogP contribution in [0.2, 0.25) is 0 Å². The molecule has 1 unspecified atom stereocenters. The van der Waals surface area contributed by atoms with Crippen molar-refractivity contribution < 1.29 is 4.79 Å². The van der Waals surface area contributed by atoms with Crippen LogP contribution in [-0.4, -0.2) is 44.5 Å². The molecule has 1 heterocycles. The minimum Gasteiger partial charge on any atom is -0.371 e. The highest BCUT2D eigenvalue weighted by Gasteiger charge is 2.24. The molecule has 1 atom stereocenters. The van der Waals surface area contributed by atoms with Gasteiger partial charge in [-0.1, -0.05) is 25.1 Å². The molecular formula is C16H25N3O. The Balaban J connectivity index is 2.09. The number of hydrogen-bond acceptors (Lipinski definition) is 3. The first-order valence-corrected chi connectivity index (χ1v) is 7.41. The number of hydrogen-bond donors (Lipinski definition) is 1. The Morgan fingerprint density at radius 2 is 2.15 bits per heavy atom. The summed E-state index contributed by atoms with van der Waals surface area (Å²) >= 11 is 0. The van der Waals surface area contributed by atoms with Crippen molar-refractivity contribution in [1.82, 2.24) is 10.2 Å². The summed E-state index contributed by atoms with van der Waals surface area (Å²) in [6.07, 6.45) is 1.67. The average molecular weight is 275 g/mol. The van der Waals surface area contributed by atoms with Crippen LogP contribution in [0.25, 0.3) is 0 Å². The van der Waals surface area contributed by atoms with Crippen LogP contribution in [0.3, 0.4) is 0 Å². The molecule has 0 fully saturated rings. The summed E-state index contributed by atoms with van der Waals surface area (Å²) in [6, 6.07) is 8.98. The number of nitrogens with one attached hydrogen (secondary N) is 1. The van der Waals surface area contributed by atoms with E-state index in [1.54, 1.807) is 4.90 Å². The molecule has 1 aromatic rings. The van der Waals surface area contributed by atoms with Gasteiger partial charge in [0.2, 0.25) is 5.91 Å². The van der Waals surface area contributed by atoms with Gasteiger partial charge in [0.1, 0.15) is 0 Å². The van der Waals surface area contributed by atoms with Crippen LogP contribution in [0.1, 0.15) is 31.4 Å². The summed E-state index contributed by atoms with van der Waals surface area (Å²) in [7, 11) is 3.63. The second-order valence-electron chi connectivity index (χ2n) is 5.48. The summed E-state index contributed by atoms with van der Waals surface area (Å²) in [6.45, 7) is 4.94. The van der Waals surface area contributed by atoms with Crippen LogP contribution in [0.15, 0.2) is 24.3 Å². The number of fused-ring (bicyclic) bond motifs is 1. The fourth-order valence-corrected chi connectivity index (χ4v) is 2.78. The Kier molecular flexibility index (Phi) is 5.01. The number of para-hydroxylation sites is 1. The average Bonchev–Trinajstić information content (AvgIpc) is 2.46. The minimum absolute atomic E-state index is 0.191. The van der Waals surface area contributed by atoms with Crippen LogP contribution in [0, 0.1) is 0 Å². The number of carbonyl (C=O) groups excluding carboxylic acids is 1. The molecule has 0 aliphatic carbocycles. The van der Waals surface area contributed by atoms with E-state index in [0.29, 0.717) is 12.5 Å². The fraction of sp³-hybridized carbons (Fsp3) is 0.562. The molecule has 0 bridgehead atoms. The molecule has 110 valence electrons. The van der Waals surface area contributed by atoms with E-state index >= 15 is 0 Å². The fourth-order valence-electron chi connectivity index (χ4n) is 2.78. The predicted octanol–water partition coefficient (Wildman–Crippen LogP) is 2.03. The number of anilines is 1. The van der Waals surface area contributed by atoms with Crippen LogP contribution >= 0.6 is 0 Å². The summed E-state index contributed by atoms with van der Waals surface area (Å²) in [5.74, 6) is 0.191. The number of rotatable bonds is 5. The van der Waals surface area contributed by atoms with Crippen LogP contribution in [0.4, 0.5) is 5.69 Å². The smallest absolute Gasteiger partial charge is 0.223 e. The largest absolute Gasteiger partial charge is 0.371 e. The molecule has 2 rings (SSSR count). The normalized spacial score (nSPS) is 17.8. The third-order valence-electron chi connectivity index (χ3n) is 3.89. The van der Waals surface area contributed by atoms with E-state index in [4.69, 9.17) is 0 Å². The Morgan fingerprint density at radius 3 is 2.85 bits per heavy atom. The highest BCUT2D eigenvalue weighted by atomic mass is 16.2. The van der Waals surface area contributed by atoms with Crippen molar-refractivity contribution >= 4 is 11.6 Å². The molecule has 1 aliphatic rings. The number of amides is 1. The molecule has 0 saturated carbocycles. The van der Waals surface area contributed by atoms with Crippen molar-refractivity contribution in [2.45, 2.75) is 25.8 Å². The number of carbonyl (C=O) groups is 1. The van der Waals surface area contributed by atoms with E-state index in [9.17, 15) is 4.79 Å². The summed E-state index contributed by atoms with van der Waals surface area (Å²) < 4.78 is 0. The molecule has 4 heteroatoms. The van der Waals surface area contributed by atoms with Gasteiger partial charge < -0.3 is 15.1 Å². The first-order valence-electron chi connectivity index (χ1n) is 7.41. The van der Waals surface area contributed by atoms with Gasteiger partial charge in [-0.05, 0) is 24.6 Å². The van der Waals surface area contributed by atoms with Gasteiger partial charge in [-0.15, -0.1) is 0 Å². The lowest BCUT2D eigenvalue weighted by atomic mass is 9.96. The molecule has 0 saturated heterocycles.